The van der Waals surface area contributed by atoms with E-state index in [1.54, 1.807) is 22.7 Å². The Bertz CT molecular complexity index is 1080. The zero-order valence-electron chi connectivity index (χ0n) is 14.9. The van der Waals surface area contributed by atoms with Gasteiger partial charge in [-0.1, -0.05) is 60.3 Å². The maximum atomic E-state index is 13.2. The third-order valence-corrected chi connectivity index (χ3v) is 5.56. The topological polar surface area (TPSA) is 65.5 Å². The molecule has 0 aliphatic carbocycles. The maximum absolute atomic E-state index is 13.2. The van der Waals surface area contributed by atoms with E-state index in [0.717, 1.165) is 16.7 Å². The molecule has 2 aromatic carbocycles. The van der Waals surface area contributed by atoms with Crippen LogP contribution < -0.4 is 5.56 Å². The number of nitrogens with zero attached hydrogens (tertiary/aromatic N) is 2. The lowest BCUT2D eigenvalue weighted by Crippen LogP contribution is -2.33. The van der Waals surface area contributed by atoms with Crippen LogP contribution in [0.15, 0.2) is 70.5 Å². The van der Waals surface area contributed by atoms with Gasteiger partial charge < -0.3 is 4.98 Å². The minimum absolute atomic E-state index is 0.0435. The molecule has 1 amide bonds. The van der Waals surface area contributed by atoms with Crippen LogP contribution in [0.2, 0.25) is 0 Å². The SMILES string of the molecule is C[C@@H](N=C1SCCN1C(=O)c1cc(=O)[nH]c2ccccc12)c1ccccc1. The summed E-state index contributed by atoms with van der Waals surface area (Å²) in [5.74, 6) is 0.619. The zero-order valence-corrected chi connectivity index (χ0v) is 15.7. The van der Waals surface area contributed by atoms with Crippen molar-refractivity contribution in [1.82, 2.24) is 9.88 Å². The first kappa shape index (κ1) is 17.5. The summed E-state index contributed by atoms with van der Waals surface area (Å²) in [5.41, 5.74) is 1.90. The summed E-state index contributed by atoms with van der Waals surface area (Å²) in [6.07, 6.45) is 0. The number of carbonyl (C=O) groups excluding carboxylic acids is 1. The van der Waals surface area contributed by atoms with Crippen molar-refractivity contribution in [2.45, 2.75) is 13.0 Å². The summed E-state index contributed by atoms with van der Waals surface area (Å²) in [7, 11) is 0. The van der Waals surface area contributed by atoms with Crippen molar-refractivity contribution in [2.75, 3.05) is 12.3 Å². The quantitative estimate of drug-likeness (QED) is 0.754. The summed E-state index contributed by atoms with van der Waals surface area (Å²) in [6, 6.07) is 18.7. The van der Waals surface area contributed by atoms with Crippen molar-refractivity contribution in [3.8, 4) is 0 Å². The molecule has 0 saturated carbocycles. The number of amides is 1. The minimum atomic E-state index is -0.278. The van der Waals surface area contributed by atoms with Crippen molar-refractivity contribution in [2.24, 2.45) is 4.99 Å². The predicted molar refractivity (Wildman–Crippen MR) is 110 cm³/mol. The molecule has 1 fully saturated rings. The van der Waals surface area contributed by atoms with E-state index in [1.807, 2.05) is 55.5 Å². The number of amidine groups is 1. The number of aromatic amines is 1. The van der Waals surface area contributed by atoms with Crippen LogP contribution in [0, 0.1) is 0 Å². The third kappa shape index (κ3) is 3.53. The normalized spacial score (nSPS) is 16.8. The van der Waals surface area contributed by atoms with Crippen molar-refractivity contribution in [3.05, 3.63) is 82.1 Å². The molecule has 1 aliphatic rings. The summed E-state index contributed by atoms with van der Waals surface area (Å²) >= 11 is 1.58. The molecule has 2 heterocycles. The molecule has 6 heteroatoms. The van der Waals surface area contributed by atoms with Crippen molar-refractivity contribution >= 4 is 33.7 Å². The molecule has 5 nitrogen and oxygen atoms in total. The van der Waals surface area contributed by atoms with E-state index in [9.17, 15) is 9.59 Å². The van der Waals surface area contributed by atoms with E-state index in [4.69, 9.17) is 4.99 Å². The van der Waals surface area contributed by atoms with Gasteiger partial charge >= 0.3 is 0 Å². The number of hydrogen-bond donors (Lipinski definition) is 1. The molecule has 0 unspecified atom stereocenters. The maximum Gasteiger partial charge on any atom is 0.260 e. The van der Waals surface area contributed by atoms with E-state index in [1.165, 1.54) is 6.07 Å². The first-order valence-electron chi connectivity index (χ1n) is 8.83. The first-order chi connectivity index (χ1) is 13.1. The lowest BCUT2D eigenvalue weighted by molar-refractivity contribution is 0.0860. The van der Waals surface area contributed by atoms with Gasteiger partial charge in [-0.15, -0.1) is 0 Å². The molecule has 0 spiro atoms. The molecule has 1 saturated heterocycles. The van der Waals surface area contributed by atoms with Crippen LogP contribution in [0.25, 0.3) is 10.9 Å². The van der Waals surface area contributed by atoms with Crippen molar-refractivity contribution in [1.29, 1.82) is 0 Å². The van der Waals surface area contributed by atoms with Gasteiger partial charge in [-0.25, -0.2) is 0 Å². The van der Waals surface area contributed by atoms with Gasteiger partial charge in [0, 0.05) is 29.3 Å². The van der Waals surface area contributed by atoms with Crippen LogP contribution in [-0.2, 0) is 0 Å². The number of rotatable bonds is 3. The number of H-pyrrole nitrogens is 1. The van der Waals surface area contributed by atoms with E-state index < -0.39 is 0 Å². The first-order valence-corrected chi connectivity index (χ1v) is 9.81. The Morgan fingerprint density at radius 2 is 1.89 bits per heavy atom. The van der Waals surface area contributed by atoms with Crippen LogP contribution in [-0.4, -0.2) is 33.3 Å². The Morgan fingerprint density at radius 3 is 2.70 bits per heavy atom. The van der Waals surface area contributed by atoms with E-state index in [2.05, 4.69) is 4.98 Å². The van der Waals surface area contributed by atoms with Crippen LogP contribution in [0.3, 0.4) is 0 Å². The number of fused-ring (bicyclic) bond motifs is 1. The molecule has 1 N–H and O–H groups in total. The van der Waals surface area contributed by atoms with Crippen LogP contribution in [0.4, 0.5) is 0 Å². The van der Waals surface area contributed by atoms with E-state index >= 15 is 0 Å². The molecule has 3 aromatic rings. The molecule has 0 radical (unpaired) electrons. The fraction of sp³-hybridized carbons (Fsp3) is 0.190. The highest BCUT2D eigenvalue weighted by atomic mass is 32.2. The van der Waals surface area contributed by atoms with Gasteiger partial charge in [0.25, 0.3) is 5.91 Å². The van der Waals surface area contributed by atoms with Gasteiger partial charge in [-0.05, 0) is 18.6 Å². The second-order valence-corrected chi connectivity index (χ2v) is 7.46. The summed E-state index contributed by atoms with van der Waals surface area (Å²) < 4.78 is 0. The lowest BCUT2D eigenvalue weighted by Gasteiger charge is -2.18. The highest BCUT2D eigenvalue weighted by Crippen LogP contribution is 2.26. The van der Waals surface area contributed by atoms with Gasteiger partial charge in [0.15, 0.2) is 5.17 Å². The fourth-order valence-electron chi connectivity index (χ4n) is 3.20. The highest BCUT2D eigenvalue weighted by Gasteiger charge is 2.28. The number of benzene rings is 2. The minimum Gasteiger partial charge on any atom is -0.322 e. The zero-order chi connectivity index (χ0) is 18.8. The number of aromatic nitrogens is 1. The summed E-state index contributed by atoms with van der Waals surface area (Å²) in [4.78, 5) is 34.5. The molecular formula is C21H19N3O2S. The number of nitrogens with one attached hydrogen (secondary N) is 1. The number of thioether (sulfide) groups is 1. The molecule has 1 aliphatic heterocycles. The standard InChI is InChI=1S/C21H19N3O2S/c1-14(15-7-3-2-4-8-15)22-21-24(11-12-27-21)20(26)17-13-19(25)23-18-10-6-5-9-16(17)18/h2-10,13-14H,11-12H2,1H3,(H,23,25)/t14-/m1/s1. The molecule has 27 heavy (non-hydrogen) atoms. The largest absolute Gasteiger partial charge is 0.322 e. The third-order valence-electron chi connectivity index (χ3n) is 4.59. The van der Waals surface area contributed by atoms with Gasteiger partial charge in [0.05, 0.1) is 11.6 Å². The highest BCUT2D eigenvalue weighted by molar-refractivity contribution is 8.14. The Kier molecular flexibility index (Phi) is 4.81. The molecule has 136 valence electrons. The second kappa shape index (κ2) is 7.40. The monoisotopic (exact) mass is 377 g/mol. The van der Waals surface area contributed by atoms with Gasteiger partial charge in [-0.2, -0.15) is 0 Å². The van der Waals surface area contributed by atoms with Gasteiger partial charge in [0.1, 0.15) is 0 Å². The lowest BCUT2D eigenvalue weighted by atomic mass is 10.1. The van der Waals surface area contributed by atoms with Crippen molar-refractivity contribution in [3.63, 3.8) is 0 Å². The van der Waals surface area contributed by atoms with Crippen LogP contribution >= 0.6 is 11.8 Å². The average Bonchev–Trinajstić information content (AvgIpc) is 3.15. The number of hydrogen-bond acceptors (Lipinski definition) is 4. The van der Waals surface area contributed by atoms with E-state index in [0.29, 0.717) is 22.8 Å². The summed E-state index contributed by atoms with van der Waals surface area (Å²) in [5, 5.41) is 1.45. The van der Waals surface area contributed by atoms with Gasteiger partial charge in [0.2, 0.25) is 5.56 Å². The Morgan fingerprint density at radius 1 is 1.15 bits per heavy atom. The second-order valence-electron chi connectivity index (χ2n) is 6.40. The average molecular weight is 377 g/mol. The smallest absolute Gasteiger partial charge is 0.260 e. The van der Waals surface area contributed by atoms with Gasteiger partial charge in [-0.3, -0.25) is 19.5 Å². The molecule has 1 aromatic heterocycles. The number of aliphatic imine (C=N–C) groups is 1. The Labute approximate surface area is 161 Å². The van der Waals surface area contributed by atoms with E-state index in [-0.39, 0.29) is 17.5 Å². The molecule has 4 rings (SSSR count). The molecule has 1 atom stereocenters. The van der Waals surface area contributed by atoms with Crippen LogP contribution in [0.5, 0.6) is 0 Å². The Hall–Kier alpha value is -2.86. The summed E-state index contributed by atoms with van der Waals surface area (Å²) in [6.45, 7) is 2.61. The number of carbonyl (C=O) groups is 1. The van der Waals surface area contributed by atoms with Crippen molar-refractivity contribution < 1.29 is 4.79 Å². The fourth-order valence-corrected chi connectivity index (χ4v) is 4.22. The number of pyridine rings is 1. The Balaban J connectivity index is 1.70. The number of para-hydroxylation sites is 1. The molecule has 0 bridgehead atoms. The van der Waals surface area contributed by atoms with Crippen LogP contribution in [0.1, 0.15) is 28.9 Å². The predicted octanol–water partition coefficient (Wildman–Crippen LogP) is 3.83. The molecular weight excluding hydrogens is 358 g/mol.